The Balaban J connectivity index is 2.40. The van der Waals surface area contributed by atoms with Crippen LogP contribution >= 0.6 is 0 Å². The molecule has 1 aromatic carbocycles. The van der Waals surface area contributed by atoms with Crippen LogP contribution in [0.1, 0.15) is 29.9 Å². The minimum atomic E-state index is -6.04. The van der Waals surface area contributed by atoms with Crippen molar-refractivity contribution in [3.05, 3.63) is 29.3 Å². The maximum absolute atomic E-state index is 13.2. The van der Waals surface area contributed by atoms with Gasteiger partial charge in [0.2, 0.25) is 0 Å². The highest BCUT2D eigenvalue weighted by molar-refractivity contribution is 7.88. The quantitative estimate of drug-likeness (QED) is 0.456. The molecule has 0 N–H and O–H groups in total. The van der Waals surface area contributed by atoms with Gasteiger partial charge < -0.3 is 8.92 Å². The Morgan fingerprint density at radius 2 is 1.62 bits per heavy atom. The third-order valence-corrected chi connectivity index (χ3v) is 4.46. The molecule has 1 heterocycles. The van der Waals surface area contributed by atoms with Crippen LogP contribution < -0.4 is 4.18 Å². The zero-order chi connectivity index (χ0) is 18.2. The fraction of sp³-hybridized carbons (Fsp3) is 0.538. The van der Waals surface area contributed by atoms with Crippen LogP contribution in [0.15, 0.2) is 18.2 Å². The normalized spacial score (nSPS) is 17.8. The van der Waals surface area contributed by atoms with Gasteiger partial charge in [-0.3, -0.25) is 0 Å². The molecule has 1 fully saturated rings. The van der Waals surface area contributed by atoms with E-state index in [1.807, 2.05) is 0 Å². The van der Waals surface area contributed by atoms with E-state index in [1.165, 1.54) is 0 Å². The van der Waals surface area contributed by atoms with Crippen molar-refractivity contribution in [2.24, 2.45) is 0 Å². The molecular formula is C13H12F6O4S. The lowest BCUT2D eigenvalue weighted by atomic mass is 9.88. The molecule has 0 bridgehead atoms. The van der Waals surface area contributed by atoms with Crippen molar-refractivity contribution in [3.63, 3.8) is 0 Å². The summed E-state index contributed by atoms with van der Waals surface area (Å²) in [6.07, 6.45) is -4.22. The van der Waals surface area contributed by atoms with Gasteiger partial charge in [0.05, 0.1) is 5.56 Å². The molecule has 1 aliphatic heterocycles. The number of alkyl halides is 6. The predicted octanol–water partition coefficient (Wildman–Crippen LogP) is 3.83. The summed E-state index contributed by atoms with van der Waals surface area (Å²) in [7, 11) is -6.04. The van der Waals surface area contributed by atoms with Gasteiger partial charge in [0, 0.05) is 13.2 Å². The van der Waals surface area contributed by atoms with Gasteiger partial charge in [0.25, 0.3) is 0 Å². The highest BCUT2D eigenvalue weighted by Crippen LogP contribution is 2.41. The van der Waals surface area contributed by atoms with E-state index in [-0.39, 0.29) is 24.8 Å². The van der Waals surface area contributed by atoms with E-state index in [2.05, 4.69) is 4.18 Å². The average Bonchev–Trinajstić information content (AvgIpc) is 2.45. The minimum absolute atomic E-state index is 0.123. The topological polar surface area (TPSA) is 52.6 Å². The maximum atomic E-state index is 13.2. The van der Waals surface area contributed by atoms with Crippen molar-refractivity contribution in [3.8, 4) is 5.75 Å². The molecule has 0 saturated carbocycles. The van der Waals surface area contributed by atoms with Crippen molar-refractivity contribution in [2.45, 2.75) is 30.4 Å². The lowest BCUT2D eigenvalue weighted by Crippen LogP contribution is -2.28. The molecule has 1 aromatic rings. The molecule has 0 spiro atoms. The number of halogens is 6. The fourth-order valence-corrected chi connectivity index (χ4v) is 2.82. The molecule has 11 heteroatoms. The Morgan fingerprint density at radius 1 is 1.04 bits per heavy atom. The van der Waals surface area contributed by atoms with Crippen LogP contribution in [0, 0.1) is 0 Å². The second-order valence-electron chi connectivity index (χ2n) is 5.12. The first-order valence-corrected chi connectivity index (χ1v) is 8.12. The Kier molecular flexibility index (Phi) is 5.05. The smallest absolute Gasteiger partial charge is 0.381 e. The molecule has 1 aliphatic rings. The van der Waals surface area contributed by atoms with E-state index in [9.17, 15) is 34.8 Å². The molecule has 24 heavy (non-hydrogen) atoms. The van der Waals surface area contributed by atoms with Gasteiger partial charge in [0.1, 0.15) is 5.75 Å². The van der Waals surface area contributed by atoms with Gasteiger partial charge in [-0.1, -0.05) is 6.07 Å². The highest BCUT2D eigenvalue weighted by Gasteiger charge is 2.49. The third-order valence-electron chi connectivity index (χ3n) is 3.48. The summed E-state index contributed by atoms with van der Waals surface area (Å²) in [5, 5.41) is 0. The molecular weight excluding hydrogens is 366 g/mol. The third kappa shape index (κ3) is 4.12. The van der Waals surface area contributed by atoms with Gasteiger partial charge in [0.15, 0.2) is 0 Å². The number of benzene rings is 1. The Morgan fingerprint density at radius 3 is 2.12 bits per heavy atom. The largest absolute Gasteiger partial charge is 0.534 e. The van der Waals surface area contributed by atoms with Gasteiger partial charge in [-0.2, -0.15) is 34.8 Å². The Hall–Kier alpha value is -1.49. The molecule has 1 saturated heterocycles. The molecule has 0 atom stereocenters. The van der Waals surface area contributed by atoms with Crippen LogP contribution in [0.2, 0.25) is 0 Å². The lowest BCUT2D eigenvalue weighted by Gasteiger charge is -2.25. The van der Waals surface area contributed by atoms with Crippen LogP contribution in [0.25, 0.3) is 0 Å². The average molecular weight is 378 g/mol. The van der Waals surface area contributed by atoms with Gasteiger partial charge in [-0.05, 0) is 36.5 Å². The standard InChI is InChI=1S/C13H12F6O4S/c14-12(15,16)11-7-9(23-24(20,21)13(17,18)19)1-2-10(11)8-3-5-22-6-4-8/h1-2,7-8H,3-6H2. The zero-order valence-electron chi connectivity index (χ0n) is 11.9. The maximum Gasteiger partial charge on any atom is 0.534 e. The van der Waals surface area contributed by atoms with Crippen LogP contribution in [0.5, 0.6) is 5.75 Å². The summed E-state index contributed by atoms with van der Waals surface area (Å²) in [4.78, 5) is 0. The first-order chi connectivity index (χ1) is 10.9. The zero-order valence-corrected chi connectivity index (χ0v) is 12.8. The number of ether oxygens (including phenoxy) is 1. The lowest BCUT2D eigenvalue weighted by molar-refractivity contribution is -0.138. The monoisotopic (exact) mass is 378 g/mol. The SMILES string of the molecule is O=S(=O)(Oc1ccc(C2CCOCC2)c(C(F)(F)F)c1)C(F)(F)F. The van der Waals surface area contributed by atoms with Gasteiger partial charge in [-0.25, -0.2) is 0 Å². The Labute approximate surface area is 133 Å². The summed E-state index contributed by atoms with van der Waals surface area (Å²) in [6, 6.07) is 2.00. The summed E-state index contributed by atoms with van der Waals surface area (Å²) in [6.45, 7) is 0.533. The molecule has 136 valence electrons. The molecule has 0 unspecified atom stereocenters. The number of rotatable bonds is 3. The minimum Gasteiger partial charge on any atom is -0.381 e. The first-order valence-electron chi connectivity index (χ1n) is 6.71. The summed E-state index contributed by atoms with van der Waals surface area (Å²) < 4.78 is 107. The van der Waals surface area contributed by atoms with E-state index in [0.717, 1.165) is 12.1 Å². The summed E-state index contributed by atoms with van der Waals surface area (Å²) >= 11 is 0. The van der Waals surface area contributed by atoms with Crippen LogP contribution in [0.4, 0.5) is 26.3 Å². The van der Waals surface area contributed by atoms with Crippen molar-refractivity contribution in [1.82, 2.24) is 0 Å². The van der Waals surface area contributed by atoms with Crippen molar-refractivity contribution in [1.29, 1.82) is 0 Å². The molecule has 0 aromatic heterocycles. The van der Waals surface area contributed by atoms with E-state index in [1.54, 1.807) is 0 Å². The van der Waals surface area contributed by atoms with Crippen LogP contribution in [-0.2, 0) is 21.0 Å². The predicted molar refractivity (Wildman–Crippen MR) is 69.8 cm³/mol. The molecule has 0 aliphatic carbocycles. The number of hydrogen-bond donors (Lipinski definition) is 0. The van der Waals surface area contributed by atoms with Crippen LogP contribution in [-0.4, -0.2) is 27.1 Å². The van der Waals surface area contributed by atoms with Gasteiger partial charge in [-0.15, -0.1) is 0 Å². The van der Waals surface area contributed by atoms with E-state index >= 15 is 0 Å². The fourth-order valence-electron chi connectivity index (χ4n) is 2.37. The first kappa shape index (κ1) is 18.8. The molecule has 0 amide bonds. The summed E-state index contributed by atoms with van der Waals surface area (Å²) in [5.41, 5.74) is -7.07. The Bertz CT molecular complexity index is 689. The van der Waals surface area contributed by atoms with Crippen molar-refractivity contribution in [2.75, 3.05) is 13.2 Å². The molecule has 0 radical (unpaired) electrons. The molecule has 2 rings (SSSR count). The van der Waals surface area contributed by atoms with E-state index < -0.39 is 39.0 Å². The summed E-state index contributed by atoms with van der Waals surface area (Å²) in [5.74, 6) is -1.53. The second-order valence-corrected chi connectivity index (χ2v) is 6.65. The second kappa shape index (κ2) is 6.43. The van der Waals surface area contributed by atoms with Crippen molar-refractivity contribution < 1.29 is 43.7 Å². The van der Waals surface area contributed by atoms with Crippen molar-refractivity contribution >= 4 is 10.1 Å². The number of hydrogen-bond acceptors (Lipinski definition) is 4. The van der Waals surface area contributed by atoms with E-state index in [0.29, 0.717) is 12.8 Å². The van der Waals surface area contributed by atoms with Crippen LogP contribution in [0.3, 0.4) is 0 Å². The highest BCUT2D eigenvalue weighted by atomic mass is 32.2. The molecule has 4 nitrogen and oxygen atoms in total. The van der Waals surface area contributed by atoms with E-state index in [4.69, 9.17) is 4.74 Å². The van der Waals surface area contributed by atoms with Gasteiger partial charge >= 0.3 is 21.8 Å².